The van der Waals surface area contributed by atoms with Crippen LogP contribution in [0.2, 0.25) is 0 Å². The first-order valence-corrected chi connectivity index (χ1v) is 18.0. The first-order chi connectivity index (χ1) is 25.7. The van der Waals surface area contributed by atoms with Crippen molar-refractivity contribution in [3.05, 3.63) is 157 Å². The molecule has 0 saturated heterocycles. The van der Waals surface area contributed by atoms with Crippen LogP contribution in [0.1, 0.15) is 5.56 Å². The van der Waals surface area contributed by atoms with Crippen molar-refractivity contribution < 1.29 is 4.42 Å². The van der Waals surface area contributed by atoms with Crippen LogP contribution in [-0.4, -0.2) is 9.97 Å². The number of benzene rings is 8. The van der Waals surface area contributed by atoms with E-state index in [0.717, 1.165) is 49.9 Å². The van der Waals surface area contributed by atoms with Crippen molar-refractivity contribution in [2.24, 2.45) is 0 Å². The smallest absolute Gasteiger partial charge is 0.180 e. The molecule has 11 aromatic rings. The number of rotatable bonds is 4. The Morgan fingerprint density at radius 1 is 0.481 bits per heavy atom. The standard InChI is InChI=1S/C47H25N3OS/c48-26-27-20-31(32-24-37-35-15-8-7-14-34(35)36-16-9-17-40-42(36)43(37)41(25-32)52-40)22-33(21-27)44-46-45(50-47(49-44)29-12-5-2-6-13-29)38-23-30(18-19-39(38)51-46)28-10-3-1-4-11-28/h1-25H. The predicted molar refractivity (Wildman–Crippen MR) is 215 cm³/mol. The first kappa shape index (κ1) is 28.9. The molecule has 0 fully saturated rings. The van der Waals surface area contributed by atoms with Crippen molar-refractivity contribution >= 4 is 75.1 Å². The third kappa shape index (κ3) is 4.32. The fourth-order valence-corrected chi connectivity index (χ4v) is 9.06. The molecule has 0 radical (unpaired) electrons. The molecule has 11 rings (SSSR count). The Morgan fingerprint density at radius 2 is 1.15 bits per heavy atom. The lowest BCUT2D eigenvalue weighted by Gasteiger charge is -2.12. The Labute approximate surface area is 301 Å². The number of fused-ring (bicyclic) bond motifs is 6. The van der Waals surface area contributed by atoms with Gasteiger partial charge < -0.3 is 4.42 Å². The first-order valence-electron chi connectivity index (χ1n) is 17.2. The van der Waals surface area contributed by atoms with Crippen LogP contribution in [0.4, 0.5) is 0 Å². The van der Waals surface area contributed by atoms with Crippen molar-refractivity contribution in [3.8, 4) is 51.0 Å². The SMILES string of the molecule is N#Cc1cc(-c2cc3sc4cccc5c6ccccc6c(c2)c3c45)cc(-c2nc(-c3ccccc3)nc3c2oc2ccc(-c4ccccc4)cc23)c1. The Hall–Kier alpha value is -6.87. The summed E-state index contributed by atoms with van der Waals surface area (Å²) in [5.41, 5.74) is 9.18. The molecular formula is C47H25N3OS. The summed E-state index contributed by atoms with van der Waals surface area (Å²) in [6.07, 6.45) is 0. The van der Waals surface area contributed by atoms with Gasteiger partial charge in [-0.2, -0.15) is 5.26 Å². The van der Waals surface area contributed by atoms with Crippen molar-refractivity contribution in [1.82, 2.24) is 9.97 Å². The van der Waals surface area contributed by atoms with Gasteiger partial charge in [0.15, 0.2) is 11.4 Å². The maximum Gasteiger partial charge on any atom is 0.180 e. The number of hydrogen-bond donors (Lipinski definition) is 0. The summed E-state index contributed by atoms with van der Waals surface area (Å²) in [5, 5.41) is 18.9. The summed E-state index contributed by atoms with van der Waals surface area (Å²) in [5.74, 6) is 0.600. The van der Waals surface area contributed by atoms with E-state index in [1.807, 2.05) is 78.1 Å². The van der Waals surface area contributed by atoms with E-state index < -0.39 is 0 Å². The molecule has 8 aromatic carbocycles. The van der Waals surface area contributed by atoms with E-state index in [9.17, 15) is 5.26 Å². The summed E-state index contributed by atoms with van der Waals surface area (Å²) in [6, 6.07) is 54.9. The Kier molecular flexibility index (Phi) is 6.15. The van der Waals surface area contributed by atoms with Gasteiger partial charge in [0.1, 0.15) is 16.8 Å². The molecule has 3 aromatic heterocycles. The normalized spacial score (nSPS) is 11.8. The van der Waals surface area contributed by atoms with E-state index >= 15 is 0 Å². The van der Waals surface area contributed by atoms with E-state index in [4.69, 9.17) is 14.4 Å². The zero-order valence-electron chi connectivity index (χ0n) is 27.6. The fraction of sp³-hybridized carbons (Fsp3) is 0. The molecule has 0 bridgehead atoms. The average molecular weight is 680 g/mol. The van der Waals surface area contributed by atoms with Gasteiger partial charge in [-0.1, -0.05) is 103 Å². The second-order valence-corrected chi connectivity index (χ2v) is 14.3. The number of hydrogen-bond acceptors (Lipinski definition) is 5. The minimum Gasteiger partial charge on any atom is -0.452 e. The van der Waals surface area contributed by atoms with Gasteiger partial charge in [0.2, 0.25) is 0 Å². The topological polar surface area (TPSA) is 62.7 Å². The number of nitrogens with zero attached hydrogens (tertiary/aromatic N) is 3. The lowest BCUT2D eigenvalue weighted by Crippen LogP contribution is -1.95. The summed E-state index contributed by atoms with van der Waals surface area (Å²) in [4.78, 5) is 10.3. The highest BCUT2D eigenvalue weighted by atomic mass is 32.1. The van der Waals surface area contributed by atoms with Gasteiger partial charge in [0.05, 0.1) is 11.6 Å². The van der Waals surface area contributed by atoms with Crippen molar-refractivity contribution in [2.75, 3.05) is 0 Å². The minimum absolute atomic E-state index is 0.552. The summed E-state index contributed by atoms with van der Waals surface area (Å²) < 4.78 is 9.12. The number of aromatic nitrogens is 2. The van der Waals surface area contributed by atoms with E-state index in [0.29, 0.717) is 22.7 Å². The lowest BCUT2D eigenvalue weighted by molar-refractivity contribution is 0.667. The van der Waals surface area contributed by atoms with Gasteiger partial charge in [0.25, 0.3) is 0 Å². The predicted octanol–water partition coefficient (Wildman–Crippen LogP) is 13.0. The van der Waals surface area contributed by atoms with Gasteiger partial charge in [-0.3, -0.25) is 0 Å². The molecule has 0 aliphatic rings. The zero-order valence-corrected chi connectivity index (χ0v) is 28.4. The summed E-state index contributed by atoms with van der Waals surface area (Å²) >= 11 is 1.82. The molecule has 0 aliphatic heterocycles. The third-order valence-electron chi connectivity index (χ3n) is 10.2. The van der Waals surface area contributed by atoms with Crippen LogP contribution in [0.5, 0.6) is 0 Å². The molecule has 0 N–H and O–H groups in total. The monoisotopic (exact) mass is 679 g/mol. The molecule has 3 heterocycles. The average Bonchev–Trinajstić information content (AvgIpc) is 3.79. The van der Waals surface area contributed by atoms with Crippen LogP contribution in [-0.2, 0) is 0 Å². The van der Waals surface area contributed by atoms with E-state index in [1.165, 1.54) is 41.7 Å². The zero-order chi connectivity index (χ0) is 34.3. The van der Waals surface area contributed by atoms with Gasteiger partial charge in [0, 0.05) is 36.7 Å². The molecule has 4 nitrogen and oxygen atoms in total. The summed E-state index contributed by atoms with van der Waals surface area (Å²) in [6.45, 7) is 0. The van der Waals surface area contributed by atoms with Crippen molar-refractivity contribution in [3.63, 3.8) is 0 Å². The lowest BCUT2D eigenvalue weighted by atomic mass is 9.91. The second-order valence-electron chi connectivity index (χ2n) is 13.3. The van der Waals surface area contributed by atoms with Gasteiger partial charge in [-0.15, -0.1) is 11.3 Å². The van der Waals surface area contributed by atoms with Crippen LogP contribution >= 0.6 is 11.3 Å². The van der Waals surface area contributed by atoms with Crippen molar-refractivity contribution in [2.45, 2.75) is 0 Å². The minimum atomic E-state index is 0.552. The molecule has 0 unspecified atom stereocenters. The number of nitriles is 1. The molecule has 0 saturated carbocycles. The number of furan rings is 1. The highest BCUT2D eigenvalue weighted by Gasteiger charge is 2.21. The molecule has 5 heteroatoms. The molecule has 0 atom stereocenters. The van der Waals surface area contributed by atoms with Crippen LogP contribution in [0.15, 0.2) is 156 Å². The molecule has 0 amide bonds. The van der Waals surface area contributed by atoms with Crippen molar-refractivity contribution in [1.29, 1.82) is 5.26 Å². The summed E-state index contributed by atoms with van der Waals surface area (Å²) in [7, 11) is 0. The quantitative estimate of drug-likeness (QED) is 0.174. The molecule has 0 spiro atoms. The van der Waals surface area contributed by atoms with Gasteiger partial charge in [-0.25, -0.2) is 9.97 Å². The molecular weight excluding hydrogens is 655 g/mol. The molecule has 0 aliphatic carbocycles. The third-order valence-corrected chi connectivity index (χ3v) is 11.3. The molecule has 240 valence electrons. The van der Waals surface area contributed by atoms with E-state index in [1.54, 1.807) is 0 Å². The molecule has 52 heavy (non-hydrogen) atoms. The second kappa shape index (κ2) is 11.1. The van der Waals surface area contributed by atoms with E-state index in [2.05, 4.69) is 91.0 Å². The largest absolute Gasteiger partial charge is 0.452 e. The van der Waals surface area contributed by atoms with Crippen LogP contribution < -0.4 is 0 Å². The number of thiophene rings is 1. The van der Waals surface area contributed by atoms with Gasteiger partial charge >= 0.3 is 0 Å². The Bertz CT molecular complexity index is 3240. The van der Waals surface area contributed by atoms with Crippen LogP contribution in [0, 0.1) is 11.3 Å². The highest BCUT2D eigenvalue weighted by molar-refractivity contribution is 7.26. The maximum absolute atomic E-state index is 10.4. The van der Waals surface area contributed by atoms with Gasteiger partial charge in [-0.05, 0) is 92.3 Å². The van der Waals surface area contributed by atoms with Crippen LogP contribution in [0.3, 0.4) is 0 Å². The highest BCUT2D eigenvalue weighted by Crippen LogP contribution is 2.47. The van der Waals surface area contributed by atoms with Crippen LogP contribution in [0.25, 0.3) is 109 Å². The van der Waals surface area contributed by atoms with E-state index in [-0.39, 0.29) is 0 Å². The Balaban J connectivity index is 1.17. The maximum atomic E-state index is 10.4. The fourth-order valence-electron chi connectivity index (χ4n) is 7.86. The Morgan fingerprint density at radius 3 is 1.96 bits per heavy atom.